The molecule has 3 N–H and O–H groups in total. The highest BCUT2D eigenvalue weighted by molar-refractivity contribution is 6.05. The number of amides is 5. The number of nitrogens with one attached hydrogen (secondary N) is 3. The van der Waals surface area contributed by atoms with Gasteiger partial charge in [-0.15, -0.1) is 0 Å². The molecule has 2 heterocycles. The SMILES string of the molecule is CC(C)c1ccc(C(F)(F)F)cc1NC(=O)NCc1ccc2c(c1)CN(C1CCC(=O)NC1=O)C2=O. The van der Waals surface area contributed by atoms with E-state index in [-0.39, 0.29) is 49.4 Å². The van der Waals surface area contributed by atoms with E-state index in [9.17, 15) is 32.3 Å². The minimum absolute atomic E-state index is 0.0711. The summed E-state index contributed by atoms with van der Waals surface area (Å²) in [5.41, 5.74) is 1.60. The quantitative estimate of drug-likeness (QED) is 0.539. The molecule has 0 aliphatic carbocycles. The predicted molar refractivity (Wildman–Crippen MR) is 124 cm³/mol. The monoisotopic (exact) mass is 502 g/mol. The highest BCUT2D eigenvalue weighted by Gasteiger charge is 2.39. The number of imide groups is 1. The molecule has 2 aromatic carbocycles. The molecule has 1 unspecified atom stereocenters. The molecule has 0 spiro atoms. The van der Waals surface area contributed by atoms with Gasteiger partial charge < -0.3 is 15.5 Å². The number of hydrogen-bond acceptors (Lipinski definition) is 4. The van der Waals surface area contributed by atoms with Gasteiger partial charge in [-0.1, -0.05) is 32.0 Å². The second-order valence-electron chi connectivity index (χ2n) is 9.15. The molecular formula is C25H25F3N4O4. The highest BCUT2D eigenvalue weighted by Crippen LogP contribution is 2.34. The van der Waals surface area contributed by atoms with E-state index in [1.807, 2.05) is 13.8 Å². The maximum atomic E-state index is 13.1. The summed E-state index contributed by atoms with van der Waals surface area (Å²) in [5.74, 6) is -1.27. The molecule has 0 saturated carbocycles. The molecule has 2 aliphatic rings. The molecule has 5 amide bonds. The average molecular weight is 502 g/mol. The molecule has 11 heteroatoms. The second-order valence-corrected chi connectivity index (χ2v) is 9.15. The molecule has 0 bridgehead atoms. The first-order valence-corrected chi connectivity index (χ1v) is 11.5. The Morgan fingerprint density at radius 3 is 2.56 bits per heavy atom. The number of carbonyl (C=O) groups is 4. The number of carbonyl (C=O) groups excluding carboxylic acids is 4. The van der Waals surface area contributed by atoms with Crippen molar-refractivity contribution in [3.63, 3.8) is 0 Å². The van der Waals surface area contributed by atoms with Crippen molar-refractivity contribution in [2.24, 2.45) is 0 Å². The van der Waals surface area contributed by atoms with E-state index in [0.29, 0.717) is 22.3 Å². The molecule has 8 nitrogen and oxygen atoms in total. The van der Waals surface area contributed by atoms with Gasteiger partial charge in [-0.25, -0.2) is 4.79 Å². The van der Waals surface area contributed by atoms with Gasteiger partial charge >= 0.3 is 12.2 Å². The molecule has 2 aromatic rings. The summed E-state index contributed by atoms with van der Waals surface area (Å²) in [6.45, 7) is 3.90. The summed E-state index contributed by atoms with van der Waals surface area (Å²) in [7, 11) is 0. The van der Waals surface area contributed by atoms with Crippen molar-refractivity contribution in [2.45, 2.75) is 57.9 Å². The van der Waals surface area contributed by atoms with Crippen LogP contribution in [0.25, 0.3) is 0 Å². The third-order valence-corrected chi connectivity index (χ3v) is 6.29. The molecule has 190 valence electrons. The number of hydrogen-bond donors (Lipinski definition) is 3. The molecule has 0 aromatic heterocycles. The van der Waals surface area contributed by atoms with E-state index < -0.39 is 29.7 Å². The van der Waals surface area contributed by atoms with Crippen molar-refractivity contribution in [3.8, 4) is 0 Å². The predicted octanol–water partition coefficient (Wildman–Crippen LogP) is 3.91. The number of fused-ring (bicyclic) bond motifs is 1. The van der Waals surface area contributed by atoms with Gasteiger partial charge in [0.05, 0.1) is 5.56 Å². The first-order valence-electron chi connectivity index (χ1n) is 11.5. The Kier molecular flexibility index (Phi) is 6.75. The molecule has 1 fully saturated rings. The lowest BCUT2D eigenvalue weighted by atomic mass is 9.99. The van der Waals surface area contributed by atoms with E-state index in [1.54, 1.807) is 18.2 Å². The fourth-order valence-corrected chi connectivity index (χ4v) is 4.43. The summed E-state index contributed by atoms with van der Waals surface area (Å²) in [5, 5.41) is 7.39. The molecule has 1 atom stereocenters. The molecular weight excluding hydrogens is 477 g/mol. The average Bonchev–Trinajstić information content (AvgIpc) is 3.12. The van der Waals surface area contributed by atoms with Gasteiger partial charge in [0.25, 0.3) is 5.91 Å². The topological polar surface area (TPSA) is 108 Å². The Morgan fingerprint density at radius 2 is 1.89 bits per heavy atom. The number of anilines is 1. The van der Waals surface area contributed by atoms with Gasteiger partial charge in [-0.05, 0) is 47.2 Å². The van der Waals surface area contributed by atoms with Crippen LogP contribution in [0.15, 0.2) is 36.4 Å². The molecule has 36 heavy (non-hydrogen) atoms. The van der Waals surface area contributed by atoms with Crippen LogP contribution in [-0.4, -0.2) is 34.7 Å². The number of alkyl halides is 3. The number of benzene rings is 2. The largest absolute Gasteiger partial charge is 0.416 e. The summed E-state index contributed by atoms with van der Waals surface area (Å²) >= 11 is 0. The third kappa shape index (κ3) is 5.19. The second kappa shape index (κ2) is 9.63. The van der Waals surface area contributed by atoms with Gasteiger partial charge in [0.15, 0.2) is 0 Å². The van der Waals surface area contributed by atoms with Crippen LogP contribution in [0.1, 0.15) is 65.2 Å². The fraction of sp³-hybridized carbons (Fsp3) is 0.360. The van der Waals surface area contributed by atoms with Crippen LogP contribution in [0.3, 0.4) is 0 Å². The lowest BCUT2D eigenvalue weighted by Crippen LogP contribution is -2.52. The lowest BCUT2D eigenvalue weighted by molar-refractivity contribution is -0.138. The lowest BCUT2D eigenvalue weighted by Gasteiger charge is -2.29. The van der Waals surface area contributed by atoms with E-state index >= 15 is 0 Å². The van der Waals surface area contributed by atoms with E-state index in [1.165, 1.54) is 11.0 Å². The maximum Gasteiger partial charge on any atom is 0.416 e. The minimum Gasteiger partial charge on any atom is -0.334 e. The number of urea groups is 1. The Labute approximate surface area is 205 Å². The van der Waals surface area contributed by atoms with E-state index in [2.05, 4.69) is 16.0 Å². The van der Waals surface area contributed by atoms with E-state index in [4.69, 9.17) is 0 Å². The number of rotatable bonds is 5. The van der Waals surface area contributed by atoms with Crippen LogP contribution >= 0.6 is 0 Å². The number of nitrogens with zero attached hydrogens (tertiary/aromatic N) is 1. The standard InChI is InChI=1S/C25H25F3N4O4/c1-13(2)17-6-4-16(25(26,27)28)10-19(17)30-24(36)29-11-14-3-5-18-15(9-14)12-32(23(18)35)20-7-8-21(33)31-22(20)34/h3-6,9-10,13,20H,7-8,11-12H2,1-2H3,(H2,29,30,36)(H,31,33,34). The Morgan fingerprint density at radius 1 is 1.14 bits per heavy atom. The van der Waals surface area contributed by atoms with Crippen molar-refractivity contribution >= 4 is 29.4 Å². The van der Waals surface area contributed by atoms with Crippen LogP contribution in [0.2, 0.25) is 0 Å². The van der Waals surface area contributed by atoms with Gasteiger partial charge in [0.1, 0.15) is 6.04 Å². The molecule has 4 rings (SSSR count). The Balaban J connectivity index is 1.42. The molecule has 1 saturated heterocycles. The number of piperidine rings is 1. The van der Waals surface area contributed by atoms with Crippen molar-refractivity contribution in [1.29, 1.82) is 0 Å². The summed E-state index contributed by atoms with van der Waals surface area (Å²) in [6.07, 6.45) is -4.12. The van der Waals surface area contributed by atoms with Crippen molar-refractivity contribution in [2.75, 3.05) is 5.32 Å². The normalized spacial score (nSPS) is 17.8. The third-order valence-electron chi connectivity index (χ3n) is 6.29. The Hall–Kier alpha value is -3.89. The number of halogens is 3. The minimum atomic E-state index is -4.54. The Bertz CT molecular complexity index is 1240. The zero-order chi connectivity index (χ0) is 26.2. The van der Waals surface area contributed by atoms with Gasteiger partial charge in [-0.3, -0.25) is 19.7 Å². The highest BCUT2D eigenvalue weighted by atomic mass is 19.4. The van der Waals surface area contributed by atoms with Crippen LogP contribution < -0.4 is 16.0 Å². The summed E-state index contributed by atoms with van der Waals surface area (Å²) in [6, 6.07) is 6.88. The van der Waals surface area contributed by atoms with Gasteiger partial charge in [0.2, 0.25) is 11.8 Å². The van der Waals surface area contributed by atoms with E-state index in [0.717, 1.165) is 12.1 Å². The van der Waals surface area contributed by atoms with Crippen molar-refractivity contribution < 1.29 is 32.3 Å². The van der Waals surface area contributed by atoms with Crippen LogP contribution in [-0.2, 0) is 28.9 Å². The van der Waals surface area contributed by atoms with Gasteiger partial charge in [-0.2, -0.15) is 13.2 Å². The molecule has 0 radical (unpaired) electrons. The first-order chi connectivity index (χ1) is 16.9. The summed E-state index contributed by atoms with van der Waals surface area (Å²) < 4.78 is 39.4. The zero-order valence-corrected chi connectivity index (χ0v) is 19.7. The fourth-order valence-electron chi connectivity index (χ4n) is 4.43. The zero-order valence-electron chi connectivity index (χ0n) is 19.7. The maximum absolute atomic E-state index is 13.1. The van der Waals surface area contributed by atoms with Crippen molar-refractivity contribution in [3.05, 3.63) is 64.2 Å². The van der Waals surface area contributed by atoms with Crippen LogP contribution in [0, 0.1) is 0 Å². The molecule has 2 aliphatic heterocycles. The van der Waals surface area contributed by atoms with Crippen LogP contribution in [0.4, 0.5) is 23.7 Å². The summed E-state index contributed by atoms with van der Waals surface area (Å²) in [4.78, 5) is 50.3. The van der Waals surface area contributed by atoms with Crippen LogP contribution in [0.5, 0.6) is 0 Å². The van der Waals surface area contributed by atoms with Gasteiger partial charge in [0, 0.05) is 30.8 Å². The smallest absolute Gasteiger partial charge is 0.334 e. The van der Waals surface area contributed by atoms with Crippen molar-refractivity contribution in [1.82, 2.24) is 15.5 Å². The first kappa shape index (κ1) is 25.2.